The van der Waals surface area contributed by atoms with Gasteiger partial charge in [0.2, 0.25) is 0 Å². The van der Waals surface area contributed by atoms with Crippen LogP contribution in [0.1, 0.15) is 61.3 Å². The Hall–Kier alpha value is -2.69. The first-order chi connectivity index (χ1) is 14.3. The van der Waals surface area contributed by atoms with Gasteiger partial charge >= 0.3 is 18.0 Å². The Morgan fingerprint density at radius 3 is 2.60 bits per heavy atom. The van der Waals surface area contributed by atoms with Gasteiger partial charge in [-0.2, -0.15) is 0 Å². The van der Waals surface area contributed by atoms with Gasteiger partial charge in [0.15, 0.2) is 11.7 Å². The predicted molar refractivity (Wildman–Crippen MR) is 110 cm³/mol. The molecule has 0 aliphatic carbocycles. The topological polar surface area (TPSA) is 136 Å². The maximum absolute atomic E-state index is 11.9. The summed E-state index contributed by atoms with van der Waals surface area (Å²) in [5.74, 6) is -1.46. The van der Waals surface area contributed by atoms with Crippen LogP contribution in [-0.2, 0) is 19.1 Å². The Kier molecular flexibility index (Phi) is 9.03. The molecule has 3 amide bonds. The maximum atomic E-state index is 11.9. The predicted octanol–water partition coefficient (Wildman–Crippen LogP) is 2.13. The van der Waals surface area contributed by atoms with Crippen LogP contribution in [0, 0.1) is 6.92 Å². The van der Waals surface area contributed by atoms with E-state index in [4.69, 9.17) is 9.47 Å². The van der Waals surface area contributed by atoms with Gasteiger partial charge in [-0.3, -0.25) is 14.9 Å². The van der Waals surface area contributed by atoms with E-state index in [2.05, 4.69) is 20.9 Å². The average Bonchev–Trinajstić information content (AvgIpc) is 3.20. The van der Waals surface area contributed by atoms with Gasteiger partial charge in [0.25, 0.3) is 5.91 Å². The number of thiazole rings is 1. The van der Waals surface area contributed by atoms with Crippen molar-refractivity contribution in [3.8, 4) is 0 Å². The van der Waals surface area contributed by atoms with E-state index in [1.165, 1.54) is 0 Å². The van der Waals surface area contributed by atoms with E-state index < -0.39 is 24.5 Å². The van der Waals surface area contributed by atoms with E-state index in [1.54, 1.807) is 13.8 Å². The monoisotopic (exact) mass is 440 g/mol. The number of anilines is 1. The SMILES string of the molecule is CCOC(=O)c1sc(NC(=O)COC(=O)CCCCCC2NC(=O)NC2C)nc1C. The first-order valence-corrected chi connectivity index (χ1v) is 10.8. The minimum absolute atomic E-state index is 0.107. The molecular formula is C19H28N4O6S. The van der Waals surface area contributed by atoms with Gasteiger partial charge in [0.05, 0.1) is 18.3 Å². The number of hydrogen-bond donors (Lipinski definition) is 3. The molecule has 1 aliphatic rings. The van der Waals surface area contributed by atoms with Gasteiger partial charge in [-0.05, 0) is 33.6 Å². The number of ether oxygens (including phenoxy) is 2. The van der Waals surface area contributed by atoms with Gasteiger partial charge < -0.3 is 20.1 Å². The number of nitrogens with zero attached hydrogens (tertiary/aromatic N) is 1. The molecular weight excluding hydrogens is 412 g/mol. The van der Waals surface area contributed by atoms with Gasteiger partial charge in [-0.1, -0.05) is 24.2 Å². The van der Waals surface area contributed by atoms with Crippen molar-refractivity contribution in [1.82, 2.24) is 15.6 Å². The van der Waals surface area contributed by atoms with Crippen molar-refractivity contribution in [3.63, 3.8) is 0 Å². The summed E-state index contributed by atoms with van der Waals surface area (Å²) in [4.78, 5) is 51.2. The minimum Gasteiger partial charge on any atom is -0.462 e. The van der Waals surface area contributed by atoms with Crippen LogP contribution in [0.15, 0.2) is 0 Å². The molecule has 166 valence electrons. The number of hydrogen-bond acceptors (Lipinski definition) is 8. The molecule has 10 nitrogen and oxygen atoms in total. The van der Waals surface area contributed by atoms with Crippen molar-refractivity contribution in [2.75, 3.05) is 18.5 Å². The highest BCUT2D eigenvalue weighted by Gasteiger charge is 2.26. The third kappa shape index (κ3) is 7.29. The van der Waals surface area contributed by atoms with Gasteiger partial charge in [-0.15, -0.1) is 0 Å². The molecule has 1 aliphatic heterocycles. The zero-order chi connectivity index (χ0) is 22.1. The zero-order valence-corrected chi connectivity index (χ0v) is 18.2. The Bertz CT molecular complexity index is 781. The lowest BCUT2D eigenvalue weighted by Crippen LogP contribution is -2.30. The molecule has 1 saturated heterocycles. The number of esters is 2. The van der Waals surface area contributed by atoms with Crippen LogP contribution in [-0.4, -0.2) is 54.2 Å². The molecule has 0 aromatic carbocycles. The first kappa shape index (κ1) is 23.6. The van der Waals surface area contributed by atoms with Crippen LogP contribution in [0.2, 0.25) is 0 Å². The number of nitrogens with one attached hydrogen (secondary N) is 3. The summed E-state index contributed by atoms with van der Waals surface area (Å²) in [6, 6.07) is 0.0855. The van der Waals surface area contributed by atoms with E-state index in [-0.39, 0.29) is 36.3 Å². The largest absolute Gasteiger partial charge is 0.462 e. The van der Waals surface area contributed by atoms with Gasteiger partial charge in [0.1, 0.15) is 4.88 Å². The second kappa shape index (κ2) is 11.5. The van der Waals surface area contributed by atoms with E-state index in [9.17, 15) is 19.2 Å². The molecule has 3 N–H and O–H groups in total. The lowest BCUT2D eigenvalue weighted by molar-refractivity contribution is -0.147. The Morgan fingerprint density at radius 1 is 1.17 bits per heavy atom. The minimum atomic E-state index is -0.522. The second-order valence-electron chi connectivity index (χ2n) is 6.98. The molecule has 2 unspecified atom stereocenters. The van der Waals surface area contributed by atoms with Crippen LogP contribution in [0.5, 0.6) is 0 Å². The van der Waals surface area contributed by atoms with Crippen LogP contribution < -0.4 is 16.0 Å². The van der Waals surface area contributed by atoms with E-state index >= 15 is 0 Å². The highest BCUT2D eigenvalue weighted by Crippen LogP contribution is 2.23. The van der Waals surface area contributed by atoms with E-state index in [1.807, 2.05) is 6.92 Å². The summed E-state index contributed by atoms with van der Waals surface area (Å²) in [6.07, 6.45) is 3.43. The summed E-state index contributed by atoms with van der Waals surface area (Å²) in [6.45, 7) is 5.15. The smallest absolute Gasteiger partial charge is 0.350 e. The molecule has 1 fully saturated rings. The van der Waals surface area contributed by atoms with Gasteiger partial charge in [0, 0.05) is 12.5 Å². The zero-order valence-electron chi connectivity index (χ0n) is 17.4. The number of carbonyl (C=O) groups is 4. The van der Waals surface area contributed by atoms with E-state index in [0.717, 1.165) is 30.6 Å². The second-order valence-corrected chi connectivity index (χ2v) is 7.97. The number of urea groups is 1. The molecule has 1 aromatic heterocycles. The normalized spacial score (nSPS) is 17.8. The Labute approximate surface area is 179 Å². The average molecular weight is 441 g/mol. The van der Waals surface area contributed by atoms with Crippen LogP contribution in [0.4, 0.5) is 9.93 Å². The maximum Gasteiger partial charge on any atom is 0.350 e. The summed E-state index contributed by atoms with van der Waals surface area (Å²) < 4.78 is 9.90. The summed E-state index contributed by atoms with van der Waals surface area (Å²) in [7, 11) is 0. The fourth-order valence-electron chi connectivity index (χ4n) is 2.98. The van der Waals surface area contributed by atoms with Crippen LogP contribution in [0.25, 0.3) is 0 Å². The third-order valence-electron chi connectivity index (χ3n) is 4.54. The molecule has 0 radical (unpaired) electrons. The fourth-order valence-corrected chi connectivity index (χ4v) is 3.86. The van der Waals surface area contributed by atoms with Crippen molar-refractivity contribution < 1.29 is 28.7 Å². The molecule has 0 bridgehead atoms. The lowest BCUT2D eigenvalue weighted by atomic mass is 10.0. The number of aromatic nitrogens is 1. The molecule has 11 heteroatoms. The summed E-state index contributed by atoms with van der Waals surface area (Å²) in [5.41, 5.74) is 0.466. The van der Waals surface area contributed by atoms with Crippen molar-refractivity contribution >= 4 is 40.3 Å². The van der Waals surface area contributed by atoms with Crippen molar-refractivity contribution in [1.29, 1.82) is 0 Å². The van der Waals surface area contributed by atoms with Crippen LogP contribution >= 0.6 is 11.3 Å². The lowest BCUT2D eigenvalue weighted by Gasteiger charge is -2.13. The van der Waals surface area contributed by atoms with E-state index in [0.29, 0.717) is 17.0 Å². The quantitative estimate of drug-likeness (QED) is 0.354. The molecule has 2 atom stereocenters. The highest BCUT2D eigenvalue weighted by atomic mass is 32.1. The summed E-state index contributed by atoms with van der Waals surface area (Å²) in [5, 5.41) is 8.42. The molecule has 0 saturated carbocycles. The van der Waals surface area contributed by atoms with Crippen molar-refractivity contribution in [3.05, 3.63) is 10.6 Å². The Balaban J connectivity index is 1.60. The number of unbranched alkanes of at least 4 members (excludes halogenated alkanes) is 2. The van der Waals surface area contributed by atoms with Crippen molar-refractivity contribution in [2.24, 2.45) is 0 Å². The number of carbonyl (C=O) groups excluding carboxylic acids is 4. The highest BCUT2D eigenvalue weighted by molar-refractivity contribution is 7.17. The van der Waals surface area contributed by atoms with Gasteiger partial charge in [-0.25, -0.2) is 14.6 Å². The molecule has 2 heterocycles. The molecule has 0 spiro atoms. The molecule has 1 aromatic rings. The third-order valence-corrected chi connectivity index (χ3v) is 5.60. The molecule has 30 heavy (non-hydrogen) atoms. The van der Waals surface area contributed by atoms with Crippen molar-refractivity contribution in [2.45, 2.75) is 65.0 Å². The number of amides is 3. The number of rotatable bonds is 11. The molecule has 2 rings (SSSR count). The first-order valence-electron chi connectivity index (χ1n) is 9.97. The fraction of sp³-hybridized carbons (Fsp3) is 0.632. The number of aryl methyl sites for hydroxylation is 1. The Morgan fingerprint density at radius 2 is 1.93 bits per heavy atom. The standard InChI is InChI=1S/C19H28N4O6S/c1-4-28-17(26)16-12(3)21-19(30-16)23-14(24)10-29-15(25)9-7-5-6-8-13-11(2)20-18(27)22-13/h11,13H,4-10H2,1-3H3,(H2,20,22,27)(H,21,23,24). The van der Waals surface area contributed by atoms with Crippen LogP contribution in [0.3, 0.4) is 0 Å². The summed E-state index contributed by atoms with van der Waals surface area (Å²) >= 11 is 1.01.